The summed E-state index contributed by atoms with van der Waals surface area (Å²) in [5, 5.41) is 22.1. The van der Waals surface area contributed by atoms with Crippen LogP contribution in [0.5, 0.6) is 5.88 Å². The second kappa shape index (κ2) is 6.33. The number of hydrogen-bond acceptors (Lipinski definition) is 5. The van der Waals surface area contributed by atoms with Gasteiger partial charge in [-0.2, -0.15) is 0 Å². The Morgan fingerprint density at radius 3 is 2.61 bits per heavy atom. The highest BCUT2D eigenvalue weighted by Crippen LogP contribution is 2.39. The van der Waals surface area contributed by atoms with Crippen LogP contribution in [0.2, 0.25) is 0 Å². The minimum Gasteiger partial charge on any atom is -0.481 e. The molecule has 0 spiro atoms. The molecule has 1 aromatic heterocycles. The van der Waals surface area contributed by atoms with Crippen LogP contribution in [-0.2, 0) is 5.60 Å². The number of aliphatic hydroxyl groups is 1. The fourth-order valence-corrected chi connectivity index (χ4v) is 3.59. The summed E-state index contributed by atoms with van der Waals surface area (Å²) in [6.07, 6.45) is 3.93. The van der Waals surface area contributed by atoms with Crippen LogP contribution in [0.3, 0.4) is 0 Å². The highest BCUT2D eigenvalue weighted by atomic mass is 16.5. The van der Waals surface area contributed by atoms with Gasteiger partial charge in [0.15, 0.2) is 0 Å². The lowest BCUT2D eigenvalue weighted by Gasteiger charge is -2.47. The Morgan fingerprint density at radius 2 is 2.09 bits per heavy atom. The third-order valence-electron chi connectivity index (χ3n) is 5.02. The van der Waals surface area contributed by atoms with E-state index in [1.54, 1.807) is 19.4 Å². The van der Waals surface area contributed by atoms with Gasteiger partial charge < -0.3 is 20.3 Å². The van der Waals surface area contributed by atoms with Gasteiger partial charge in [0.2, 0.25) is 5.88 Å². The molecule has 1 aliphatic carbocycles. The Kier molecular flexibility index (Phi) is 4.41. The normalized spacial score (nSPS) is 28.9. The molecule has 126 valence electrons. The largest absolute Gasteiger partial charge is 0.481 e. The van der Waals surface area contributed by atoms with Gasteiger partial charge in [0.25, 0.3) is 0 Å². The molecule has 0 aromatic carbocycles. The van der Waals surface area contributed by atoms with E-state index >= 15 is 0 Å². The van der Waals surface area contributed by atoms with Crippen LogP contribution in [0.4, 0.5) is 4.79 Å². The highest BCUT2D eigenvalue weighted by Gasteiger charge is 2.40. The molecule has 1 amide bonds. The Morgan fingerprint density at radius 1 is 1.39 bits per heavy atom. The molecule has 1 aromatic rings. The standard InChI is InChI=1S/C16H23N3O4/c1-23-14-3-2-11(8-17-14)16(22)6-4-13(5-7-16)19-9-12(10-19)18-15(20)21/h2-3,8,12-13,18,22H,4-7,9-10H2,1H3,(H,20,21). The van der Waals surface area contributed by atoms with E-state index in [-0.39, 0.29) is 6.04 Å². The summed E-state index contributed by atoms with van der Waals surface area (Å²) < 4.78 is 5.05. The molecule has 23 heavy (non-hydrogen) atoms. The van der Waals surface area contributed by atoms with Crippen LogP contribution in [0.25, 0.3) is 0 Å². The van der Waals surface area contributed by atoms with Crippen molar-refractivity contribution in [2.45, 2.75) is 43.4 Å². The predicted molar refractivity (Wildman–Crippen MR) is 83.5 cm³/mol. The second-order valence-corrected chi connectivity index (χ2v) is 6.45. The molecule has 0 unspecified atom stereocenters. The molecule has 7 nitrogen and oxygen atoms in total. The number of hydrogen-bond donors (Lipinski definition) is 3. The molecule has 2 aliphatic rings. The molecule has 3 N–H and O–H groups in total. The van der Waals surface area contributed by atoms with Crippen molar-refractivity contribution < 1.29 is 19.7 Å². The molecule has 1 aliphatic heterocycles. The number of likely N-dealkylation sites (tertiary alicyclic amines) is 1. The van der Waals surface area contributed by atoms with Crippen molar-refractivity contribution in [1.82, 2.24) is 15.2 Å². The van der Waals surface area contributed by atoms with Gasteiger partial charge >= 0.3 is 6.09 Å². The minimum atomic E-state index is -0.959. The summed E-state index contributed by atoms with van der Waals surface area (Å²) in [5.41, 5.74) is 0.0186. The van der Waals surface area contributed by atoms with Crippen molar-refractivity contribution >= 4 is 6.09 Å². The Hall–Kier alpha value is -1.86. The number of ether oxygens (including phenoxy) is 1. The maximum absolute atomic E-state index is 10.9. The van der Waals surface area contributed by atoms with Gasteiger partial charge in [-0.05, 0) is 31.7 Å². The number of rotatable bonds is 4. The summed E-state index contributed by atoms with van der Waals surface area (Å²) in [6, 6.07) is 4.12. The van der Waals surface area contributed by atoms with Crippen molar-refractivity contribution in [3.8, 4) is 5.88 Å². The lowest BCUT2D eigenvalue weighted by molar-refractivity contribution is -0.0399. The van der Waals surface area contributed by atoms with Crippen LogP contribution < -0.4 is 10.1 Å². The Labute approximate surface area is 135 Å². The number of nitrogens with zero attached hydrogens (tertiary/aromatic N) is 2. The predicted octanol–water partition coefficient (Wildman–Crippen LogP) is 1.17. The summed E-state index contributed by atoms with van der Waals surface area (Å²) >= 11 is 0. The molecule has 7 heteroatoms. The summed E-state index contributed by atoms with van der Waals surface area (Å²) in [7, 11) is 1.57. The van der Waals surface area contributed by atoms with Gasteiger partial charge in [-0.25, -0.2) is 9.78 Å². The fourth-order valence-electron chi connectivity index (χ4n) is 3.59. The number of carbonyl (C=O) groups is 1. The van der Waals surface area contributed by atoms with Gasteiger partial charge in [-0.1, -0.05) is 0 Å². The first kappa shape index (κ1) is 16.0. The first-order valence-corrected chi connectivity index (χ1v) is 7.96. The smallest absolute Gasteiger partial charge is 0.404 e. The first-order valence-electron chi connectivity index (χ1n) is 7.96. The number of methoxy groups -OCH3 is 1. The van der Waals surface area contributed by atoms with Crippen LogP contribution >= 0.6 is 0 Å². The fraction of sp³-hybridized carbons (Fsp3) is 0.625. The molecule has 3 rings (SSSR count). The zero-order chi connectivity index (χ0) is 16.4. The van der Waals surface area contributed by atoms with E-state index in [9.17, 15) is 9.90 Å². The highest BCUT2D eigenvalue weighted by molar-refractivity contribution is 5.65. The van der Waals surface area contributed by atoms with Crippen LogP contribution in [0, 0.1) is 0 Å². The number of pyridine rings is 1. The van der Waals surface area contributed by atoms with Crippen LogP contribution in [0.1, 0.15) is 31.2 Å². The van der Waals surface area contributed by atoms with Crippen molar-refractivity contribution in [2.75, 3.05) is 20.2 Å². The zero-order valence-corrected chi connectivity index (χ0v) is 13.2. The summed E-state index contributed by atoms with van der Waals surface area (Å²) in [5.74, 6) is 0.545. The monoisotopic (exact) mass is 321 g/mol. The lowest BCUT2D eigenvalue weighted by Crippen LogP contribution is -2.62. The topological polar surface area (TPSA) is 94.9 Å². The van der Waals surface area contributed by atoms with E-state index in [4.69, 9.17) is 9.84 Å². The first-order chi connectivity index (χ1) is 11.0. The molecular weight excluding hydrogens is 298 g/mol. The molecule has 1 saturated carbocycles. The molecule has 2 heterocycles. The number of aromatic nitrogens is 1. The van der Waals surface area contributed by atoms with Gasteiger partial charge in [0.05, 0.1) is 18.8 Å². The number of carboxylic acid groups (broad SMARTS) is 1. The van der Waals surface area contributed by atoms with Crippen LogP contribution in [0.15, 0.2) is 18.3 Å². The third-order valence-corrected chi connectivity index (χ3v) is 5.02. The average molecular weight is 321 g/mol. The number of nitrogens with one attached hydrogen (secondary N) is 1. The molecule has 2 fully saturated rings. The van der Waals surface area contributed by atoms with Crippen LogP contribution in [-0.4, -0.2) is 58.5 Å². The molecular formula is C16H23N3O4. The van der Waals surface area contributed by atoms with Crippen molar-refractivity contribution in [3.05, 3.63) is 23.9 Å². The van der Waals surface area contributed by atoms with E-state index in [0.29, 0.717) is 24.8 Å². The van der Waals surface area contributed by atoms with E-state index in [0.717, 1.165) is 31.5 Å². The summed E-state index contributed by atoms with van der Waals surface area (Å²) in [6.45, 7) is 1.53. The SMILES string of the molecule is COc1ccc(C2(O)CCC(N3CC(NC(=O)O)C3)CC2)cn1. The third kappa shape index (κ3) is 3.40. The lowest BCUT2D eigenvalue weighted by atomic mass is 9.77. The zero-order valence-electron chi connectivity index (χ0n) is 13.2. The maximum Gasteiger partial charge on any atom is 0.404 e. The van der Waals surface area contributed by atoms with E-state index in [1.165, 1.54) is 0 Å². The van der Waals surface area contributed by atoms with E-state index < -0.39 is 11.7 Å². The van der Waals surface area contributed by atoms with Crippen molar-refractivity contribution in [3.63, 3.8) is 0 Å². The summed E-state index contributed by atoms with van der Waals surface area (Å²) in [4.78, 5) is 17.1. The van der Waals surface area contributed by atoms with Crippen molar-refractivity contribution in [2.24, 2.45) is 0 Å². The molecule has 0 radical (unpaired) electrons. The Balaban J connectivity index is 1.52. The second-order valence-electron chi connectivity index (χ2n) is 6.45. The van der Waals surface area contributed by atoms with Crippen molar-refractivity contribution in [1.29, 1.82) is 0 Å². The van der Waals surface area contributed by atoms with Gasteiger partial charge in [-0.15, -0.1) is 0 Å². The average Bonchev–Trinajstić information content (AvgIpc) is 2.51. The minimum absolute atomic E-state index is 0.0408. The quantitative estimate of drug-likeness (QED) is 0.771. The van der Waals surface area contributed by atoms with Gasteiger partial charge in [0, 0.05) is 37.0 Å². The molecule has 0 atom stereocenters. The molecule has 1 saturated heterocycles. The van der Waals surface area contributed by atoms with Gasteiger partial charge in [-0.3, -0.25) is 4.90 Å². The number of amides is 1. The van der Waals surface area contributed by atoms with Gasteiger partial charge in [0.1, 0.15) is 0 Å². The van der Waals surface area contributed by atoms with E-state index in [1.807, 2.05) is 6.07 Å². The Bertz CT molecular complexity index is 549. The van der Waals surface area contributed by atoms with E-state index in [2.05, 4.69) is 15.2 Å². The molecule has 0 bridgehead atoms. The maximum atomic E-state index is 10.9.